The number of hydrogen-bond donors (Lipinski definition) is 1. The van der Waals surface area contributed by atoms with E-state index in [9.17, 15) is 22.4 Å². The molecule has 4 nitrogen and oxygen atoms in total. The maximum Gasteiger partial charge on any atom is 0.383 e. The lowest BCUT2D eigenvalue weighted by molar-refractivity contribution is -0.163. The number of anilines is 1. The highest BCUT2D eigenvalue weighted by Crippen LogP contribution is 2.25. The summed E-state index contributed by atoms with van der Waals surface area (Å²) in [5, 5.41) is 5.63. The Morgan fingerprint density at radius 2 is 2.18 bits per heavy atom. The van der Waals surface area contributed by atoms with E-state index in [1.165, 1.54) is 17.9 Å². The maximum atomic E-state index is 12.7. The number of carbonyl (C=O) groups is 1. The van der Waals surface area contributed by atoms with Crippen molar-refractivity contribution in [1.29, 1.82) is 0 Å². The summed E-state index contributed by atoms with van der Waals surface area (Å²) in [5.41, 5.74) is 0.367. The number of carbonyl (C=O) groups excluding carboxylic acids is 1. The molecule has 0 aromatic carbocycles. The Morgan fingerprint density at radius 3 is 2.65 bits per heavy atom. The number of aromatic nitrogens is 2. The maximum absolute atomic E-state index is 12.7. The van der Waals surface area contributed by atoms with Crippen LogP contribution in [0, 0.1) is 0 Å². The molecule has 0 atom stereocenters. The number of amides is 1. The zero-order valence-electron chi connectivity index (χ0n) is 9.18. The van der Waals surface area contributed by atoms with Crippen LogP contribution in [0.5, 0.6) is 0 Å². The summed E-state index contributed by atoms with van der Waals surface area (Å²) in [5.74, 6) is -6.74. The standard InChI is InChI=1S/C9H11F4N3O/c1-3-5-6(4-16(2)15-5)14-8(17)9(12,13)7(10)11/h4,7H,3H2,1-2H3,(H,14,17). The summed E-state index contributed by atoms with van der Waals surface area (Å²) in [7, 11) is 1.53. The van der Waals surface area contributed by atoms with E-state index < -0.39 is 18.3 Å². The van der Waals surface area contributed by atoms with E-state index in [0.717, 1.165) is 0 Å². The molecular weight excluding hydrogens is 242 g/mol. The molecule has 1 heterocycles. The number of halogens is 4. The third-order valence-corrected chi connectivity index (χ3v) is 2.07. The Hall–Kier alpha value is -1.60. The van der Waals surface area contributed by atoms with Gasteiger partial charge >= 0.3 is 18.3 Å². The molecule has 0 bridgehead atoms. The molecule has 1 aromatic rings. The van der Waals surface area contributed by atoms with Gasteiger partial charge in [-0.1, -0.05) is 6.92 Å². The van der Waals surface area contributed by atoms with E-state index in [0.29, 0.717) is 12.1 Å². The first-order chi connectivity index (χ1) is 7.78. The minimum Gasteiger partial charge on any atom is -0.318 e. The first-order valence-corrected chi connectivity index (χ1v) is 4.79. The van der Waals surface area contributed by atoms with Gasteiger partial charge < -0.3 is 5.32 Å². The lowest BCUT2D eigenvalue weighted by atomic mass is 10.2. The molecule has 8 heteroatoms. The molecule has 96 valence electrons. The predicted octanol–water partition coefficient (Wildman–Crippen LogP) is 1.82. The van der Waals surface area contributed by atoms with E-state index in [4.69, 9.17) is 0 Å². The van der Waals surface area contributed by atoms with Gasteiger partial charge in [-0.25, -0.2) is 8.78 Å². The largest absolute Gasteiger partial charge is 0.383 e. The monoisotopic (exact) mass is 253 g/mol. The van der Waals surface area contributed by atoms with Crippen LogP contribution in [0.15, 0.2) is 6.20 Å². The van der Waals surface area contributed by atoms with E-state index in [1.807, 2.05) is 0 Å². The van der Waals surface area contributed by atoms with Crippen LogP contribution in [0.25, 0.3) is 0 Å². The van der Waals surface area contributed by atoms with Crippen LogP contribution in [0.1, 0.15) is 12.6 Å². The molecule has 1 N–H and O–H groups in total. The molecule has 0 aliphatic rings. The number of alkyl halides is 4. The Labute approximate surface area is 94.6 Å². The molecule has 17 heavy (non-hydrogen) atoms. The molecule has 0 radical (unpaired) electrons. The van der Waals surface area contributed by atoms with Gasteiger partial charge in [0.2, 0.25) is 0 Å². The Morgan fingerprint density at radius 1 is 1.59 bits per heavy atom. The lowest BCUT2D eigenvalue weighted by Crippen LogP contribution is -2.41. The van der Waals surface area contributed by atoms with E-state index >= 15 is 0 Å². The Balaban J connectivity index is 2.88. The summed E-state index contributed by atoms with van der Waals surface area (Å²) in [6, 6.07) is 0. The number of hydrogen-bond acceptors (Lipinski definition) is 2. The number of rotatable bonds is 4. The van der Waals surface area contributed by atoms with Gasteiger partial charge in [-0.3, -0.25) is 9.48 Å². The second-order valence-electron chi connectivity index (χ2n) is 3.39. The minimum absolute atomic E-state index is 0.0142. The van der Waals surface area contributed by atoms with Crippen LogP contribution in [0.4, 0.5) is 23.2 Å². The molecule has 1 aromatic heterocycles. The highest BCUT2D eigenvalue weighted by atomic mass is 19.3. The average molecular weight is 253 g/mol. The van der Waals surface area contributed by atoms with Gasteiger partial charge in [0.15, 0.2) is 0 Å². The van der Waals surface area contributed by atoms with E-state index in [2.05, 4.69) is 5.10 Å². The molecule has 0 fully saturated rings. The number of nitrogens with one attached hydrogen (secondary N) is 1. The summed E-state index contributed by atoms with van der Waals surface area (Å²) in [6.45, 7) is 1.70. The summed E-state index contributed by atoms with van der Waals surface area (Å²) >= 11 is 0. The minimum atomic E-state index is -4.71. The molecule has 0 saturated heterocycles. The number of nitrogens with zero attached hydrogens (tertiary/aromatic N) is 2. The SMILES string of the molecule is CCc1nn(C)cc1NC(=O)C(F)(F)C(F)F. The fraction of sp³-hybridized carbons (Fsp3) is 0.556. The zero-order valence-corrected chi connectivity index (χ0v) is 9.18. The fourth-order valence-corrected chi connectivity index (χ4v) is 1.20. The Kier molecular flexibility index (Phi) is 3.74. The van der Waals surface area contributed by atoms with Gasteiger partial charge in [0.05, 0.1) is 11.4 Å². The third-order valence-electron chi connectivity index (χ3n) is 2.07. The van der Waals surface area contributed by atoms with Gasteiger partial charge in [-0.05, 0) is 6.42 Å². The topological polar surface area (TPSA) is 46.9 Å². The van der Waals surface area contributed by atoms with Crippen molar-refractivity contribution in [1.82, 2.24) is 9.78 Å². The summed E-state index contributed by atoms with van der Waals surface area (Å²) in [6.07, 6.45) is -2.38. The predicted molar refractivity (Wildman–Crippen MR) is 52.2 cm³/mol. The first kappa shape index (κ1) is 13.5. The van der Waals surface area contributed by atoms with Crippen LogP contribution in [-0.2, 0) is 18.3 Å². The van der Waals surface area contributed by atoms with Crippen molar-refractivity contribution in [2.24, 2.45) is 7.05 Å². The first-order valence-electron chi connectivity index (χ1n) is 4.79. The molecule has 1 amide bonds. The number of aryl methyl sites for hydroxylation is 2. The average Bonchev–Trinajstić information content (AvgIpc) is 2.58. The van der Waals surface area contributed by atoms with Gasteiger partial charge in [0.1, 0.15) is 0 Å². The highest BCUT2D eigenvalue weighted by Gasteiger charge is 2.49. The fourth-order valence-electron chi connectivity index (χ4n) is 1.20. The van der Waals surface area contributed by atoms with E-state index in [1.54, 1.807) is 12.2 Å². The molecule has 0 saturated carbocycles. The van der Waals surface area contributed by atoms with Gasteiger partial charge in [-0.15, -0.1) is 0 Å². The summed E-state index contributed by atoms with van der Waals surface area (Å²) < 4.78 is 50.5. The Bertz CT molecular complexity index is 416. The summed E-state index contributed by atoms with van der Waals surface area (Å²) in [4.78, 5) is 11.0. The van der Waals surface area contributed by atoms with Crippen molar-refractivity contribution in [3.8, 4) is 0 Å². The van der Waals surface area contributed by atoms with Crippen molar-refractivity contribution in [2.45, 2.75) is 25.7 Å². The smallest absolute Gasteiger partial charge is 0.318 e. The normalized spacial score (nSPS) is 11.9. The molecule has 0 unspecified atom stereocenters. The van der Waals surface area contributed by atoms with Gasteiger partial charge in [0.25, 0.3) is 0 Å². The van der Waals surface area contributed by atoms with Crippen LogP contribution in [0.2, 0.25) is 0 Å². The second kappa shape index (κ2) is 4.72. The molecule has 0 spiro atoms. The molecule has 0 aliphatic heterocycles. The van der Waals surface area contributed by atoms with Crippen molar-refractivity contribution in [3.63, 3.8) is 0 Å². The van der Waals surface area contributed by atoms with Crippen LogP contribution < -0.4 is 5.32 Å². The third kappa shape index (κ3) is 2.75. The zero-order chi connectivity index (χ0) is 13.2. The van der Waals surface area contributed by atoms with Gasteiger partial charge in [0, 0.05) is 13.2 Å². The van der Waals surface area contributed by atoms with Crippen LogP contribution in [0.3, 0.4) is 0 Å². The van der Waals surface area contributed by atoms with Crippen LogP contribution >= 0.6 is 0 Å². The van der Waals surface area contributed by atoms with Crippen LogP contribution in [-0.4, -0.2) is 28.0 Å². The van der Waals surface area contributed by atoms with Crippen molar-refractivity contribution in [2.75, 3.05) is 5.32 Å². The quantitative estimate of drug-likeness (QED) is 0.832. The molecule has 0 aliphatic carbocycles. The van der Waals surface area contributed by atoms with Crippen molar-refractivity contribution >= 4 is 11.6 Å². The van der Waals surface area contributed by atoms with Gasteiger partial charge in [-0.2, -0.15) is 13.9 Å². The van der Waals surface area contributed by atoms with Crippen molar-refractivity contribution < 1.29 is 22.4 Å². The van der Waals surface area contributed by atoms with E-state index in [-0.39, 0.29) is 5.69 Å². The molecule has 1 rings (SSSR count). The lowest BCUT2D eigenvalue weighted by Gasteiger charge is -2.14. The van der Waals surface area contributed by atoms with Crippen molar-refractivity contribution in [3.05, 3.63) is 11.9 Å². The second-order valence-corrected chi connectivity index (χ2v) is 3.39. The highest BCUT2D eigenvalue weighted by molar-refractivity contribution is 5.96. The molecular formula is C9H11F4N3O.